The Kier molecular flexibility index (Phi) is 4.39. The van der Waals surface area contributed by atoms with Gasteiger partial charge in [0.1, 0.15) is 17.4 Å². The van der Waals surface area contributed by atoms with Gasteiger partial charge in [-0.1, -0.05) is 0 Å². The number of ketones is 1. The molecule has 0 N–H and O–H groups in total. The molecule has 0 aliphatic carbocycles. The first-order chi connectivity index (χ1) is 11.3. The van der Waals surface area contributed by atoms with E-state index in [9.17, 15) is 9.18 Å². The SMILES string of the molecule is C[N+](C)(C)Cc1cccn1-c1sccc1C(=O)c1ccc(F)cc1. The van der Waals surface area contributed by atoms with Gasteiger partial charge in [-0.3, -0.25) is 4.79 Å². The molecule has 0 aliphatic rings. The van der Waals surface area contributed by atoms with Gasteiger partial charge in [-0.05, 0) is 47.8 Å². The molecule has 0 radical (unpaired) electrons. The average Bonchev–Trinajstić information content (AvgIpc) is 3.14. The molecule has 0 saturated heterocycles. The molecule has 2 aromatic heterocycles. The first kappa shape index (κ1) is 16.6. The van der Waals surface area contributed by atoms with Crippen LogP contribution in [0.2, 0.25) is 0 Å². The Morgan fingerprint density at radius 1 is 1.12 bits per heavy atom. The highest BCUT2D eigenvalue weighted by Crippen LogP contribution is 2.27. The molecule has 0 saturated carbocycles. The summed E-state index contributed by atoms with van der Waals surface area (Å²) >= 11 is 1.53. The lowest BCUT2D eigenvalue weighted by Crippen LogP contribution is -2.34. The van der Waals surface area contributed by atoms with Crippen LogP contribution in [0.1, 0.15) is 21.6 Å². The van der Waals surface area contributed by atoms with Gasteiger partial charge in [-0.2, -0.15) is 0 Å². The summed E-state index contributed by atoms with van der Waals surface area (Å²) < 4.78 is 16.0. The third-order valence-electron chi connectivity index (χ3n) is 3.68. The number of nitrogens with zero attached hydrogens (tertiary/aromatic N) is 2. The maximum Gasteiger partial charge on any atom is 0.196 e. The van der Waals surface area contributed by atoms with Gasteiger partial charge >= 0.3 is 0 Å². The molecule has 5 heteroatoms. The molecule has 3 rings (SSSR count). The van der Waals surface area contributed by atoms with E-state index in [1.807, 2.05) is 23.7 Å². The largest absolute Gasteiger partial charge is 0.326 e. The summed E-state index contributed by atoms with van der Waals surface area (Å²) in [6.07, 6.45) is 1.98. The van der Waals surface area contributed by atoms with Gasteiger partial charge in [0, 0.05) is 11.8 Å². The van der Waals surface area contributed by atoms with Gasteiger partial charge in [-0.25, -0.2) is 4.39 Å². The summed E-state index contributed by atoms with van der Waals surface area (Å²) in [6, 6.07) is 11.6. The van der Waals surface area contributed by atoms with Gasteiger partial charge in [0.25, 0.3) is 0 Å². The minimum absolute atomic E-state index is 0.0869. The van der Waals surface area contributed by atoms with Crippen LogP contribution in [-0.2, 0) is 6.54 Å². The summed E-state index contributed by atoms with van der Waals surface area (Å²) in [4.78, 5) is 12.8. The molecule has 24 heavy (non-hydrogen) atoms. The van der Waals surface area contributed by atoms with Crippen molar-refractivity contribution in [2.75, 3.05) is 21.1 Å². The third kappa shape index (κ3) is 3.47. The quantitative estimate of drug-likeness (QED) is 0.505. The number of aromatic nitrogens is 1. The predicted molar refractivity (Wildman–Crippen MR) is 95.2 cm³/mol. The van der Waals surface area contributed by atoms with Gasteiger partial charge in [0.15, 0.2) is 5.78 Å². The van der Waals surface area contributed by atoms with Crippen molar-refractivity contribution in [3.8, 4) is 5.00 Å². The van der Waals surface area contributed by atoms with Crippen LogP contribution in [0.3, 0.4) is 0 Å². The van der Waals surface area contributed by atoms with Crippen LogP contribution >= 0.6 is 11.3 Å². The van der Waals surface area contributed by atoms with Gasteiger partial charge < -0.3 is 9.05 Å². The fourth-order valence-corrected chi connectivity index (χ4v) is 3.56. The Bertz CT molecular complexity index is 856. The summed E-state index contributed by atoms with van der Waals surface area (Å²) in [5.41, 5.74) is 2.29. The number of hydrogen-bond donors (Lipinski definition) is 0. The van der Waals surface area contributed by atoms with Crippen LogP contribution in [0.4, 0.5) is 4.39 Å². The van der Waals surface area contributed by atoms with Crippen LogP contribution in [0, 0.1) is 5.82 Å². The second-order valence-electron chi connectivity index (χ2n) is 6.79. The number of quaternary nitrogens is 1. The van der Waals surface area contributed by atoms with Crippen molar-refractivity contribution in [1.29, 1.82) is 0 Å². The van der Waals surface area contributed by atoms with Gasteiger partial charge in [0.2, 0.25) is 0 Å². The molecule has 0 atom stereocenters. The van der Waals surface area contributed by atoms with Crippen LogP contribution < -0.4 is 0 Å². The zero-order valence-corrected chi connectivity index (χ0v) is 14.8. The number of benzene rings is 1. The van der Waals surface area contributed by atoms with E-state index in [1.54, 1.807) is 0 Å². The molecule has 0 aliphatic heterocycles. The molecule has 124 valence electrons. The molecule has 0 amide bonds. The van der Waals surface area contributed by atoms with Crippen LogP contribution in [-0.4, -0.2) is 36.0 Å². The van der Waals surface area contributed by atoms with E-state index >= 15 is 0 Å². The van der Waals surface area contributed by atoms with E-state index in [0.29, 0.717) is 11.1 Å². The maximum absolute atomic E-state index is 13.1. The number of carbonyl (C=O) groups is 1. The number of halogens is 1. The molecule has 0 fully saturated rings. The van der Waals surface area contributed by atoms with Gasteiger partial charge in [0.05, 0.1) is 32.4 Å². The summed E-state index contributed by atoms with van der Waals surface area (Å²) in [5, 5.41) is 2.82. The zero-order valence-electron chi connectivity index (χ0n) is 14.0. The monoisotopic (exact) mass is 343 g/mol. The number of hydrogen-bond acceptors (Lipinski definition) is 2. The predicted octanol–water partition coefficient (Wildman–Crippen LogP) is 4.12. The number of carbonyl (C=O) groups excluding carboxylic acids is 1. The average molecular weight is 343 g/mol. The van der Waals surface area contributed by atoms with E-state index in [1.165, 1.54) is 35.6 Å². The summed E-state index contributed by atoms with van der Waals surface area (Å²) in [5.74, 6) is -0.427. The van der Waals surface area contributed by atoms with Crippen molar-refractivity contribution < 1.29 is 13.7 Å². The summed E-state index contributed by atoms with van der Waals surface area (Å²) in [7, 11) is 6.41. The second kappa shape index (κ2) is 6.34. The molecular weight excluding hydrogens is 323 g/mol. The van der Waals surface area contributed by atoms with Crippen molar-refractivity contribution in [2.45, 2.75) is 6.54 Å². The van der Waals surface area contributed by atoms with E-state index in [0.717, 1.165) is 21.7 Å². The van der Waals surface area contributed by atoms with Gasteiger partial charge in [-0.15, -0.1) is 11.3 Å². The molecule has 0 spiro atoms. The van der Waals surface area contributed by atoms with Crippen molar-refractivity contribution >= 4 is 17.1 Å². The van der Waals surface area contributed by atoms with Crippen LogP contribution in [0.25, 0.3) is 5.00 Å². The zero-order chi connectivity index (χ0) is 17.3. The minimum atomic E-state index is -0.340. The van der Waals surface area contributed by atoms with Crippen molar-refractivity contribution in [3.63, 3.8) is 0 Å². The topological polar surface area (TPSA) is 22.0 Å². The normalized spacial score (nSPS) is 11.7. The molecule has 0 unspecified atom stereocenters. The van der Waals surface area contributed by atoms with E-state index in [2.05, 4.69) is 31.8 Å². The first-order valence-electron chi connectivity index (χ1n) is 7.70. The summed E-state index contributed by atoms with van der Waals surface area (Å²) in [6.45, 7) is 0.856. The molecule has 1 aromatic carbocycles. The standard InChI is InChI=1S/C19H20FN2OS/c1-22(2,3)13-16-5-4-11-21(16)19-17(10-12-24-19)18(23)14-6-8-15(20)9-7-14/h4-12H,13H2,1-3H3/q+1. The first-order valence-corrected chi connectivity index (χ1v) is 8.58. The molecular formula is C19H20FN2OS+. The lowest BCUT2D eigenvalue weighted by atomic mass is 10.1. The van der Waals surface area contributed by atoms with E-state index < -0.39 is 0 Å². The lowest BCUT2D eigenvalue weighted by Gasteiger charge is -2.24. The highest BCUT2D eigenvalue weighted by Gasteiger charge is 2.19. The Hall–Kier alpha value is -2.24. The van der Waals surface area contributed by atoms with Crippen molar-refractivity contribution in [2.24, 2.45) is 0 Å². The Morgan fingerprint density at radius 3 is 2.50 bits per heavy atom. The number of rotatable bonds is 5. The lowest BCUT2D eigenvalue weighted by molar-refractivity contribution is -0.884. The number of thiophene rings is 1. The molecule has 2 heterocycles. The molecule has 0 bridgehead atoms. The smallest absolute Gasteiger partial charge is 0.196 e. The Morgan fingerprint density at radius 2 is 1.83 bits per heavy atom. The minimum Gasteiger partial charge on any atom is -0.326 e. The second-order valence-corrected chi connectivity index (χ2v) is 7.69. The van der Waals surface area contributed by atoms with E-state index in [-0.39, 0.29) is 11.6 Å². The van der Waals surface area contributed by atoms with Crippen molar-refractivity contribution in [1.82, 2.24) is 4.57 Å². The Balaban J connectivity index is 1.98. The van der Waals surface area contributed by atoms with E-state index in [4.69, 9.17) is 0 Å². The fraction of sp³-hybridized carbons (Fsp3) is 0.211. The highest BCUT2D eigenvalue weighted by atomic mass is 32.1. The third-order valence-corrected chi connectivity index (χ3v) is 4.60. The van der Waals surface area contributed by atoms with Crippen LogP contribution in [0.15, 0.2) is 54.0 Å². The van der Waals surface area contributed by atoms with Crippen molar-refractivity contribution in [3.05, 3.63) is 76.7 Å². The Labute approximate surface area is 145 Å². The fourth-order valence-electron chi connectivity index (χ4n) is 2.65. The van der Waals surface area contributed by atoms with Crippen LogP contribution in [0.5, 0.6) is 0 Å². The molecule has 3 nitrogen and oxygen atoms in total. The maximum atomic E-state index is 13.1. The highest BCUT2D eigenvalue weighted by molar-refractivity contribution is 7.13. The molecule has 3 aromatic rings.